The fraction of sp³-hybridized carbons (Fsp3) is 0.111. The van der Waals surface area contributed by atoms with Crippen molar-refractivity contribution in [1.29, 1.82) is 0 Å². The summed E-state index contributed by atoms with van der Waals surface area (Å²) in [6.07, 6.45) is 0. The topological polar surface area (TPSA) is 55.1 Å². The van der Waals surface area contributed by atoms with Crippen LogP contribution in [0.5, 0.6) is 0 Å². The number of carbonyl (C=O) groups excluding carboxylic acids is 1. The molecule has 2 rings (SSSR count). The molecular formula is C9H8N2O2S. The number of thiophene rings is 1. The standard InChI is InChI=1S/C9H8N2O2S/c1-6-5-8(13-11-6)10-9(12)7-3-2-4-14-7/h2-5H,1H3,(H,10,12). The van der Waals surface area contributed by atoms with E-state index in [4.69, 9.17) is 4.52 Å². The Hall–Kier alpha value is -1.62. The Morgan fingerprint density at radius 2 is 2.50 bits per heavy atom. The van der Waals surface area contributed by atoms with Crippen molar-refractivity contribution in [3.05, 3.63) is 34.2 Å². The van der Waals surface area contributed by atoms with Crippen molar-refractivity contribution in [2.45, 2.75) is 6.92 Å². The Bertz CT molecular complexity index is 433. The quantitative estimate of drug-likeness (QED) is 0.823. The molecule has 0 fully saturated rings. The molecule has 0 atom stereocenters. The van der Waals surface area contributed by atoms with Gasteiger partial charge in [-0.05, 0) is 18.4 Å². The predicted octanol–water partition coefficient (Wildman–Crippen LogP) is 2.30. The molecule has 0 aromatic carbocycles. The van der Waals surface area contributed by atoms with Crippen molar-refractivity contribution in [2.75, 3.05) is 5.32 Å². The fourth-order valence-corrected chi connectivity index (χ4v) is 1.62. The van der Waals surface area contributed by atoms with Crippen LogP contribution in [0.4, 0.5) is 5.88 Å². The van der Waals surface area contributed by atoms with Crippen molar-refractivity contribution in [3.63, 3.8) is 0 Å². The molecule has 0 spiro atoms. The molecule has 0 radical (unpaired) electrons. The lowest BCUT2D eigenvalue weighted by Crippen LogP contribution is -2.09. The molecule has 4 nitrogen and oxygen atoms in total. The second kappa shape index (κ2) is 3.63. The van der Waals surface area contributed by atoms with Gasteiger partial charge in [-0.2, -0.15) is 0 Å². The number of nitrogens with zero attached hydrogens (tertiary/aromatic N) is 1. The summed E-state index contributed by atoms with van der Waals surface area (Å²) < 4.78 is 4.86. The number of anilines is 1. The molecule has 72 valence electrons. The third-order valence-corrected chi connectivity index (χ3v) is 2.48. The second-order valence-corrected chi connectivity index (χ2v) is 3.71. The van der Waals surface area contributed by atoms with Gasteiger partial charge in [0.05, 0.1) is 10.6 Å². The number of nitrogens with one attached hydrogen (secondary N) is 1. The summed E-state index contributed by atoms with van der Waals surface area (Å²) in [5.74, 6) is 0.206. The van der Waals surface area contributed by atoms with Gasteiger partial charge < -0.3 is 4.52 Å². The maximum Gasteiger partial charge on any atom is 0.268 e. The number of aromatic nitrogens is 1. The van der Waals surface area contributed by atoms with Crippen LogP contribution in [-0.4, -0.2) is 11.1 Å². The number of amides is 1. The monoisotopic (exact) mass is 208 g/mol. The van der Waals surface area contributed by atoms with Crippen LogP contribution in [0.2, 0.25) is 0 Å². The summed E-state index contributed by atoms with van der Waals surface area (Å²) in [4.78, 5) is 12.1. The van der Waals surface area contributed by atoms with Gasteiger partial charge in [0.25, 0.3) is 5.91 Å². The van der Waals surface area contributed by atoms with Crippen LogP contribution >= 0.6 is 11.3 Å². The molecule has 0 unspecified atom stereocenters. The third-order valence-electron chi connectivity index (χ3n) is 1.61. The fourth-order valence-electron chi connectivity index (χ4n) is 1.00. The molecule has 14 heavy (non-hydrogen) atoms. The maximum absolute atomic E-state index is 11.5. The normalized spacial score (nSPS) is 10.1. The van der Waals surface area contributed by atoms with Gasteiger partial charge in [-0.3, -0.25) is 10.1 Å². The molecule has 0 aliphatic rings. The molecule has 2 aromatic rings. The van der Waals surface area contributed by atoms with Gasteiger partial charge in [0.2, 0.25) is 5.88 Å². The summed E-state index contributed by atoms with van der Waals surface area (Å²) in [6.45, 7) is 1.80. The van der Waals surface area contributed by atoms with Gasteiger partial charge in [-0.25, -0.2) is 0 Å². The highest BCUT2D eigenvalue weighted by Crippen LogP contribution is 2.13. The van der Waals surface area contributed by atoms with E-state index in [0.29, 0.717) is 10.8 Å². The van der Waals surface area contributed by atoms with Gasteiger partial charge in [0.15, 0.2) is 0 Å². The van der Waals surface area contributed by atoms with E-state index >= 15 is 0 Å². The van der Waals surface area contributed by atoms with Crippen LogP contribution in [0.25, 0.3) is 0 Å². The van der Waals surface area contributed by atoms with E-state index in [1.807, 2.05) is 11.4 Å². The number of aryl methyl sites for hydroxylation is 1. The summed E-state index contributed by atoms with van der Waals surface area (Å²) in [7, 11) is 0. The first-order valence-corrected chi connectivity index (χ1v) is 4.92. The lowest BCUT2D eigenvalue weighted by Gasteiger charge is -1.95. The first kappa shape index (κ1) is 8.96. The van der Waals surface area contributed by atoms with Gasteiger partial charge in [-0.1, -0.05) is 11.2 Å². The highest BCUT2D eigenvalue weighted by atomic mass is 32.1. The average molecular weight is 208 g/mol. The van der Waals surface area contributed by atoms with Crippen LogP contribution < -0.4 is 5.32 Å². The average Bonchev–Trinajstić information content (AvgIpc) is 2.75. The van der Waals surface area contributed by atoms with Gasteiger partial charge >= 0.3 is 0 Å². The number of carbonyl (C=O) groups is 1. The molecule has 1 amide bonds. The van der Waals surface area contributed by atoms with E-state index in [-0.39, 0.29) is 5.91 Å². The molecule has 5 heteroatoms. The first-order chi connectivity index (χ1) is 6.75. The molecule has 1 N–H and O–H groups in total. The van der Waals surface area contributed by atoms with Gasteiger partial charge in [-0.15, -0.1) is 11.3 Å². The SMILES string of the molecule is Cc1cc(NC(=O)c2cccs2)on1. The Kier molecular flexibility index (Phi) is 2.32. The van der Waals surface area contributed by atoms with E-state index in [1.165, 1.54) is 11.3 Å². The molecule has 0 bridgehead atoms. The largest absolute Gasteiger partial charge is 0.338 e. The minimum absolute atomic E-state index is 0.170. The molecule has 0 aliphatic carbocycles. The lowest BCUT2D eigenvalue weighted by atomic mass is 10.4. The van der Waals surface area contributed by atoms with Crippen molar-refractivity contribution >= 4 is 23.1 Å². The smallest absolute Gasteiger partial charge is 0.268 e. The van der Waals surface area contributed by atoms with Crippen LogP contribution in [0.3, 0.4) is 0 Å². The summed E-state index contributed by atoms with van der Waals surface area (Å²) >= 11 is 1.38. The molecule has 0 saturated heterocycles. The predicted molar refractivity (Wildman–Crippen MR) is 53.5 cm³/mol. The van der Waals surface area contributed by atoms with Gasteiger partial charge in [0.1, 0.15) is 0 Å². The zero-order valence-corrected chi connectivity index (χ0v) is 8.30. The van der Waals surface area contributed by atoms with Crippen LogP contribution in [0, 0.1) is 6.92 Å². The molecule has 2 heterocycles. The minimum atomic E-state index is -0.170. The van der Waals surface area contributed by atoms with E-state index in [2.05, 4.69) is 10.5 Å². The van der Waals surface area contributed by atoms with Crippen LogP contribution in [0.1, 0.15) is 15.4 Å². The lowest BCUT2D eigenvalue weighted by molar-refractivity contribution is 0.102. The second-order valence-electron chi connectivity index (χ2n) is 2.76. The molecule has 0 saturated carbocycles. The van der Waals surface area contributed by atoms with Crippen molar-refractivity contribution in [3.8, 4) is 0 Å². The Morgan fingerprint density at radius 1 is 1.64 bits per heavy atom. The van der Waals surface area contributed by atoms with Crippen molar-refractivity contribution in [1.82, 2.24) is 5.16 Å². The van der Waals surface area contributed by atoms with Crippen molar-refractivity contribution in [2.24, 2.45) is 0 Å². The summed E-state index contributed by atoms with van der Waals surface area (Å²) in [5.41, 5.74) is 0.742. The summed E-state index contributed by atoms with van der Waals surface area (Å²) in [6, 6.07) is 5.25. The highest BCUT2D eigenvalue weighted by Gasteiger charge is 2.09. The number of hydrogen-bond donors (Lipinski definition) is 1. The third kappa shape index (κ3) is 1.82. The van der Waals surface area contributed by atoms with E-state index in [1.54, 1.807) is 19.1 Å². The number of rotatable bonds is 2. The zero-order valence-electron chi connectivity index (χ0n) is 7.48. The Balaban J connectivity index is 2.09. The molecular weight excluding hydrogens is 200 g/mol. The van der Waals surface area contributed by atoms with Crippen molar-refractivity contribution < 1.29 is 9.32 Å². The Labute approximate surface area is 84.5 Å². The Morgan fingerprint density at radius 3 is 3.07 bits per heavy atom. The maximum atomic E-state index is 11.5. The van der Waals surface area contributed by atoms with Crippen LogP contribution in [0.15, 0.2) is 28.1 Å². The van der Waals surface area contributed by atoms with Crippen LogP contribution in [-0.2, 0) is 0 Å². The van der Waals surface area contributed by atoms with E-state index in [9.17, 15) is 4.79 Å². The first-order valence-electron chi connectivity index (χ1n) is 4.04. The minimum Gasteiger partial charge on any atom is -0.338 e. The van der Waals surface area contributed by atoms with E-state index < -0.39 is 0 Å². The highest BCUT2D eigenvalue weighted by molar-refractivity contribution is 7.12. The number of hydrogen-bond acceptors (Lipinski definition) is 4. The zero-order chi connectivity index (χ0) is 9.97. The van der Waals surface area contributed by atoms with Gasteiger partial charge in [0, 0.05) is 6.07 Å². The molecule has 2 aromatic heterocycles. The van der Waals surface area contributed by atoms with E-state index in [0.717, 1.165) is 5.69 Å². The summed E-state index contributed by atoms with van der Waals surface area (Å²) in [5, 5.41) is 8.12. The molecule has 0 aliphatic heterocycles.